The SMILES string of the molecule is O=[N+]([O-])c1ccc(Cl)cc1NCc1ccc(Br)cc1Cl. The summed E-state index contributed by atoms with van der Waals surface area (Å²) in [5, 5.41) is 14.9. The summed E-state index contributed by atoms with van der Waals surface area (Å²) in [6, 6.07) is 9.84. The third kappa shape index (κ3) is 3.62. The molecule has 2 aromatic carbocycles. The molecule has 0 aliphatic heterocycles. The van der Waals surface area contributed by atoms with E-state index in [2.05, 4.69) is 21.2 Å². The number of anilines is 1. The number of benzene rings is 2. The number of hydrogen-bond donors (Lipinski definition) is 1. The molecule has 7 heteroatoms. The van der Waals surface area contributed by atoms with Crippen molar-refractivity contribution >= 4 is 50.5 Å². The van der Waals surface area contributed by atoms with E-state index >= 15 is 0 Å². The van der Waals surface area contributed by atoms with Gasteiger partial charge in [0, 0.05) is 27.1 Å². The van der Waals surface area contributed by atoms with E-state index in [0.717, 1.165) is 10.0 Å². The first-order chi connectivity index (χ1) is 9.47. The second-order valence-electron chi connectivity index (χ2n) is 4.01. The van der Waals surface area contributed by atoms with Crippen LogP contribution in [0.3, 0.4) is 0 Å². The molecule has 0 saturated heterocycles. The Labute approximate surface area is 134 Å². The van der Waals surface area contributed by atoms with E-state index in [1.165, 1.54) is 18.2 Å². The standard InChI is InChI=1S/C13H9BrCl2N2O2/c14-9-2-1-8(11(16)5-9)7-17-12-6-10(15)3-4-13(12)18(19)20/h1-6,17H,7H2. The molecular weight excluding hydrogens is 367 g/mol. The fourth-order valence-corrected chi connectivity index (χ4v) is 2.58. The van der Waals surface area contributed by atoms with Crippen LogP contribution in [0.25, 0.3) is 0 Å². The van der Waals surface area contributed by atoms with Crippen molar-refractivity contribution in [3.05, 3.63) is 66.6 Å². The molecule has 0 heterocycles. The van der Waals surface area contributed by atoms with Gasteiger partial charge in [0.25, 0.3) is 5.69 Å². The molecular formula is C13H9BrCl2N2O2. The Kier molecular flexibility index (Phi) is 4.86. The second-order valence-corrected chi connectivity index (χ2v) is 5.77. The first-order valence-electron chi connectivity index (χ1n) is 5.59. The smallest absolute Gasteiger partial charge is 0.292 e. The highest BCUT2D eigenvalue weighted by molar-refractivity contribution is 9.10. The van der Waals surface area contributed by atoms with Crippen molar-refractivity contribution in [1.29, 1.82) is 0 Å². The van der Waals surface area contributed by atoms with Crippen LogP contribution >= 0.6 is 39.1 Å². The Morgan fingerprint density at radius 3 is 2.60 bits per heavy atom. The molecule has 0 aliphatic rings. The number of halogens is 3. The lowest BCUT2D eigenvalue weighted by Crippen LogP contribution is -2.03. The topological polar surface area (TPSA) is 55.2 Å². The van der Waals surface area contributed by atoms with Crippen LogP contribution < -0.4 is 5.32 Å². The fraction of sp³-hybridized carbons (Fsp3) is 0.0769. The third-order valence-corrected chi connectivity index (χ3v) is 3.72. The van der Waals surface area contributed by atoms with Crippen molar-refractivity contribution < 1.29 is 4.92 Å². The van der Waals surface area contributed by atoms with Crippen LogP contribution in [0, 0.1) is 10.1 Å². The molecule has 0 radical (unpaired) electrons. The van der Waals surface area contributed by atoms with Gasteiger partial charge in [0.2, 0.25) is 0 Å². The van der Waals surface area contributed by atoms with Crippen LogP contribution in [0.5, 0.6) is 0 Å². The number of nitrogens with zero attached hydrogens (tertiary/aromatic N) is 1. The number of hydrogen-bond acceptors (Lipinski definition) is 3. The minimum absolute atomic E-state index is 0.0253. The summed E-state index contributed by atoms with van der Waals surface area (Å²) in [6.45, 7) is 0.368. The highest BCUT2D eigenvalue weighted by Gasteiger charge is 2.14. The molecule has 2 aromatic rings. The number of nitrogens with one attached hydrogen (secondary N) is 1. The van der Waals surface area contributed by atoms with Gasteiger partial charge in [-0.3, -0.25) is 10.1 Å². The molecule has 2 rings (SSSR count). The van der Waals surface area contributed by atoms with E-state index in [9.17, 15) is 10.1 Å². The molecule has 0 atom stereocenters. The highest BCUT2D eigenvalue weighted by atomic mass is 79.9. The van der Waals surface area contributed by atoms with Crippen LogP contribution in [0.15, 0.2) is 40.9 Å². The lowest BCUT2D eigenvalue weighted by molar-refractivity contribution is -0.384. The van der Waals surface area contributed by atoms with Gasteiger partial charge in [0.15, 0.2) is 0 Å². The van der Waals surface area contributed by atoms with Crippen LogP contribution in [0.1, 0.15) is 5.56 Å². The Bertz CT molecular complexity index is 665. The van der Waals surface area contributed by atoms with E-state index < -0.39 is 4.92 Å². The van der Waals surface area contributed by atoms with E-state index in [-0.39, 0.29) is 5.69 Å². The van der Waals surface area contributed by atoms with Crippen molar-refractivity contribution in [2.24, 2.45) is 0 Å². The number of nitro groups is 1. The van der Waals surface area contributed by atoms with Crippen LogP contribution in [0.2, 0.25) is 10.0 Å². The molecule has 0 saturated carbocycles. The molecule has 0 fully saturated rings. The molecule has 0 aromatic heterocycles. The Hall–Kier alpha value is -1.30. The Morgan fingerprint density at radius 1 is 1.20 bits per heavy atom. The van der Waals surface area contributed by atoms with Crippen molar-refractivity contribution in [2.45, 2.75) is 6.54 Å². The largest absolute Gasteiger partial charge is 0.375 e. The molecule has 0 aliphatic carbocycles. The lowest BCUT2D eigenvalue weighted by Gasteiger charge is -2.09. The summed E-state index contributed by atoms with van der Waals surface area (Å²) in [5.74, 6) is 0. The first-order valence-corrected chi connectivity index (χ1v) is 7.14. The highest BCUT2D eigenvalue weighted by Crippen LogP contribution is 2.29. The van der Waals surface area contributed by atoms with Gasteiger partial charge in [0.05, 0.1) is 4.92 Å². The van der Waals surface area contributed by atoms with Crippen molar-refractivity contribution in [2.75, 3.05) is 5.32 Å². The quantitative estimate of drug-likeness (QED) is 0.584. The van der Waals surface area contributed by atoms with Crippen LogP contribution in [-0.2, 0) is 6.54 Å². The summed E-state index contributed by atoms with van der Waals surface area (Å²) in [7, 11) is 0. The molecule has 0 spiro atoms. The van der Waals surface area contributed by atoms with E-state index in [0.29, 0.717) is 22.3 Å². The van der Waals surface area contributed by atoms with E-state index in [1.54, 1.807) is 6.07 Å². The maximum atomic E-state index is 10.9. The third-order valence-electron chi connectivity index (χ3n) is 2.64. The maximum Gasteiger partial charge on any atom is 0.292 e. The monoisotopic (exact) mass is 374 g/mol. The molecule has 0 bridgehead atoms. The minimum Gasteiger partial charge on any atom is -0.375 e. The summed E-state index contributed by atoms with van der Waals surface area (Å²) in [4.78, 5) is 10.5. The zero-order chi connectivity index (χ0) is 14.7. The zero-order valence-electron chi connectivity index (χ0n) is 10.1. The summed E-state index contributed by atoms with van der Waals surface area (Å²) < 4.78 is 0.875. The van der Waals surface area contributed by atoms with Gasteiger partial charge < -0.3 is 5.32 Å². The van der Waals surface area contributed by atoms with Crippen LogP contribution in [-0.4, -0.2) is 4.92 Å². The zero-order valence-corrected chi connectivity index (χ0v) is 13.2. The van der Waals surface area contributed by atoms with Gasteiger partial charge >= 0.3 is 0 Å². The first kappa shape index (κ1) is 15.1. The molecule has 0 amide bonds. The van der Waals surface area contributed by atoms with E-state index in [4.69, 9.17) is 23.2 Å². The average molecular weight is 376 g/mol. The van der Waals surface area contributed by atoms with Crippen molar-refractivity contribution in [3.8, 4) is 0 Å². The molecule has 0 unspecified atom stereocenters. The molecule has 20 heavy (non-hydrogen) atoms. The molecule has 4 nitrogen and oxygen atoms in total. The molecule has 104 valence electrons. The predicted molar refractivity (Wildman–Crippen MR) is 84.6 cm³/mol. The predicted octanol–water partition coefficient (Wildman–Crippen LogP) is 5.28. The normalized spacial score (nSPS) is 10.3. The molecule has 1 N–H and O–H groups in total. The van der Waals surface area contributed by atoms with Gasteiger partial charge in [0.1, 0.15) is 5.69 Å². The summed E-state index contributed by atoms with van der Waals surface area (Å²) in [6.07, 6.45) is 0. The average Bonchev–Trinajstić information content (AvgIpc) is 2.37. The lowest BCUT2D eigenvalue weighted by atomic mass is 10.2. The number of rotatable bonds is 4. The van der Waals surface area contributed by atoms with Gasteiger partial charge in [-0.1, -0.05) is 45.2 Å². The second kappa shape index (κ2) is 6.43. The maximum absolute atomic E-state index is 10.9. The van der Waals surface area contributed by atoms with E-state index in [1.807, 2.05) is 12.1 Å². The Balaban J connectivity index is 2.22. The van der Waals surface area contributed by atoms with Gasteiger partial charge in [-0.25, -0.2) is 0 Å². The minimum atomic E-state index is -0.456. The Morgan fingerprint density at radius 2 is 1.95 bits per heavy atom. The summed E-state index contributed by atoms with van der Waals surface area (Å²) in [5.41, 5.74) is 1.17. The summed E-state index contributed by atoms with van der Waals surface area (Å²) >= 11 is 15.3. The van der Waals surface area contributed by atoms with Crippen molar-refractivity contribution in [1.82, 2.24) is 0 Å². The fourth-order valence-electron chi connectivity index (χ4n) is 1.66. The van der Waals surface area contributed by atoms with Crippen molar-refractivity contribution in [3.63, 3.8) is 0 Å². The van der Waals surface area contributed by atoms with Crippen LogP contribution in [0.4, 0.5) is 11.4 Å². The van der Waals surface area contributed by atoms with Gasteiger partial charge in [-0.15, -0.1) is 0 Å². The van der Waals surface area contributed by atoms with Gasteiger partial charge in [-0.05, 0) is 29.8 Å². The van der Waals surface area contributed by atoms with Gasteiger partial charge in [-0.2, -0.15) is 0 Å². The number of nitro benzene ring substituents is 1.